The van der Waals surface area contributed by atoms with Gasteiger partial charge in [0.15, 0.2) is 17.5 Å². The summed E-state index contributed by atoms with van der Waals surface area (Å²) in [7, 11) is 0. The summed E-state index contributed by atoms with van der Waals surface area (Å²) in [6.45, 7) is 0.565. The average Bonchev–Trinajstić information content (AvgIpc) is 3.35. The van der Waals surface area contributed by atoms with Crippen molar-refractivity contribution in [2.24, 2.45) is 0 Å². The quantitative estimate of drug-likeness (QED) is 0.481. The lowest BCUT2D eigenvalue weighted by molar-refractivity contribution is -0.257. The van der Waals surface area contributed by atoms with Crippen molar-refractivity contribution in [2.45, 2.75) is 42.8 Å². The van der Waals surface area contributed by atoms with Gasteiger partial charge in [0.25, 0.3) is 0 Å². The maximum Gasteiger partial charge on any atom is 0.194 e. The molecule has 8 nitrogen and oxygen atoms in total. The Bertz CT molecular complexity index is 1170. The van der Waals surface area contributed by atoms with Crippen molar-refractivity contribution in [1.82, 2.24) is 15.0 Å². The fourth-order valence-electron chi connectivity index (χ4n) is 5.11. The van der Waals surface area contributed by atoms with Gasteiger partial charge < -0.3 is 25.0 Å². The van der Waals surface area contributed by atoms with Gasteiger partial charge in [-0.2, -0.15) is 0 Å². The lowest BCUT2D eigenvalue weighted by Gasteiger charge is -2.53. The monoisotopic (exact) mass is 490 g/mol. The Hall–Kier alpha value is -2.99. The first kappa shape index (κ1) is 23.7. The van der Waals surface area contributed by atoms with Crippen LogP contribution < -0.4 is 4.90 Å². The molecule has 2 saturated heterocycles. The molecule has 186 valence electrons. The van der Waals surface area contributed by atoms with E-state index < -0.39 is 54.0 Å². The lowest BCUT2D eigenvalue weighted by atomic mass is 9.78. The third-order valence-corrected chi connectivity index (χ3v) is 6.86. The minimum Gasteiger partial charge on any atom is -0.394 e. The van der Waals surface area contributed by atoms with Crippen LogP contribution in [0.1, 0.15) is 18.9 Å². The molecule has 1 spiro atoms. The van der Waals surface area contributed by atoms with E-state index in [-0.39, 0.29) is 11.3 Å². The van der Waals surface area contributed by atoms with Crippen LogP contribution in [0.4, 0.5) is 18.9 Å². The van der Waals surface area contributed by atoms with Crippen LogP contribution in [0.3, 0.4) is 0 Å². The normalized spacial score (nSPS) is 29.0. The van der Waals surface area contributed by atoms with Crippen LogP contribution in [-0.2, 0) is 4.74 Å². The molecule has 11 heteroatoms. The topological polar surface area (TPSA) is 104 Å². The Morgan fingerprint density at radius 1 is 1.09 bits per heavy atom. The molecule has 2 aliphatic heterocycles. The Morgan fingerprint density at radius 2 is 1.80 bits per heavy atom. The highest BCUT2D eigenvalue weighted by Gasteiger charge is 2.56. The zero-order chi connectivity index (χ0) is 24.7. The number of aliphatic hydroxyl groups is 3. The molecule has 0 saturated carbocycles. The van der Waals surface area contributed by atoms with E-state index in [1.165, 1.54) is 10.9 Å². The minimum absolute atomic E-state index is 0.0258. The number of piperidine rings is 1. The van der Waals surface area contributed by atoms with Gasteiger partial charge in [-0.15, -0.1) is 5.10 Å². The molecule has 0 bridgehead atoms. The molecule has 5 rings (SSSR count). The fourth-order valence-corrected chi connectivity index (χ4v) is 5.11. The molecule has 2 aromatic carbocycles. The summed E-state index contributed by atoms with van der Waals surface area (Å²) in [5.74, 6) is -4.34. The molecule has 0 amide bonds. The molecular formula is C24H25F3N4O4. The van der Waals surface area contributed by atoms with Crippen molar-refractivity contribution >= 4 is 5.69 Å². The molecule has 3 aromatic rings. The Labute approximate surface area is 199 Å². The molecule has 35 heavy (non-hydrogen) atoms. The maximum atomic E-state index is 13.7. The number of para-hydroxylation sites is 1. The van der Waals surface area contributed by atoms with E-state index in [0.29, 0.717) is 19.4 Å². The number of benzene rings is 2. The molecule has 0 aliphatic carbocycles. The smallest absolute Gasteiger partial charge is 0.194 e. The van der Waals surface area contributed by atoms with Gasteiger partial charge in [0.05, 0.1) is 12.8 Å². The molecule has 0 radical (unpaired) electrons. The number of hydrogen-bond acceptors (Lipinski definition) is 7. The highest BCUT2D eigenvalue weighted by atomic mass is 19.2. The van der Waals surface area contributed by atoms with E-state index in [0.717, 1.165) is 24.4 Å². The highest BCUT2D eigenvalue weighted by Crippen LogP contribution is 2.42. The predicted molar refractivity (Wildman–Crippen MR) is 119 cm³/mol. The molecule has 2 fully saturated rings. The first-order valence-electron chi connectivity index (χ1n) is 11.3. The fraction of sp³-hybridized carbons (Fsp3) is 0.417. The van der Waals surface area contributed by atoms with E-state index in [1.807, 2.05) is 30.3 Å². The van der Waals surface area contributed by atoms with E-state index in [1.54, 1.807) is 0 Å². The van der Waals surface area contributed by atoms with Crippen LogP contribution in [0.15, 0.2) is 48.7 Å². The van der Waals surface area contributed by atoms with Gasteiger partial charge in [0, 0.05) is 24.3 Å². The third-order valence-electron chi connectivity index (χ3n) is 6.86. The average molecular weight is 490 g/mol. The number of halogens is 3. The largest absolute Gasteiger partial charge is 0.394 e. The standard InChI is InChI=1S/C24H25F3N4O4/c25-16-9-14(10-17(26)20(16)27)18-11-31(29-28-18)21-22(33)19(12-32)35-24(23(21)34)7-4-8-30(13-24)15-5-2-1-3-6-15/h1-3,5-6,9-11,19,21-23,32-34H,4,7-8,12-13H2/t19-,21+,22+,23-,24-/m1/s1. The van der Waals surface area contributed by atoms with E-state index in [4.69, 9.17) is 4.74 Å². The van der Waals surface area contributed by atoms with Crippen LogP contribution in [0, 0.1) is 17.5 Å². The number of rotatable bonds is 4. The van der Waals surface area contributed by atoms with Crippen molar-refractivity contribution in [3.05, 3.63) is 66.1 Å². The Balaban J connectivity index is 1.48. The molecule has 3 heterocycles. The van der Waals surface area contributed by atoms with Crippen molar-refractivity contribution in [1.29, 1.82) is 0 Å². The number of aromatic nitrogens is 3. The van der Waals surface area contributed by atoms with Crippen LogP contribution in [0.25, 0.3) is 11.3 Å². The molecule has 2 aliphatic rings. The Morgan fingerprint density at radius 3 is 2.49 bits per heavy atom. The van der Waals surface area contributed by atoms with Crippen molar-refractivity contribution in [2.75, 3.05) is 24.6 Å². The second-order valence-electron chi connectivity index (χ2n) is 9.03. The summed E-state index contributed by atoms with van der Waals surface area (Å²) in [5, 5.41) is 40.3. The van der Waals surface area contributed by atoms with Crippen LogP contribution in [-0.4, -0.2) is 73.9 Å². The summed E-state index contributed by atoms with van der Waals surface area (Å²) in [6, 6.07) is 10.2. The zero-order valence-electron chi connectivity index (χ0n) is 18.6. The summed E-state index contributed by atoms with van der Waals surface area (Å²) in [5.41, 5.74) is -0.192. The summed E-state index contributed by atoms with van der Waals surface area (Å²) in [6.07, 6.45) is -1.11. The zero-order valence-corrected chi connectivity index (χ0v) is 18.6. The number of hydrogen-bond donors (Lipinski definition) is 3. The van der Waals surface area contributed by atoms with Crippen molar-refractivity contribution in [3.63, 3.8) is 0 Å². The number of nitrogens with zero attached hydrogens (tertiary/aromatic N) is 4. The lowest BCUT2D eigenvalue weighted by Crippen LogP contribution is -2.67. The van der Waals surface area contributed by atoms with Crippen molar-refractivity contribution < 1.29 is 33.2 Å². The van der Waals surface area contributed by atoms with Gasteiger partial charge in [0.1, 0.15) is 35.6 Å². The number of ether oxygens (including phenoxy) is 1. The van der Waals surface area contributed by atoms with E-state index in [9.17, 15) is 28.5 Å². The van der Waals surface area contributed by atoms with Gasteiger partial charge >= 0.3 is 0 Å². The summed E-state index contributed by atoms with van der Waals surface area (Å²) < 4.78 is 48.2. The van der Waals surface area contributed by atoms with Gasteiger partial charge in [-0.1, -0.05) is 23.4 Å². The summed E-state index contributed by atoms with van der Waals surface area (Å²) >= 11 is 0. The molecular weight excluding hydrogens is 465 g/mol. The summed E-state index contributed by atoms with van der Waals surface area (Å²) in [4.78, 5) is 2.08. The van der Waals surface area contributed by atoms with Crippen LogP contribution in [0.5, 0.6) is 0 Å². The third kappa shape index (κ3) is 4.18. The molecule has 5 atom stereocenters. The molecule has 3 N–H and O–H groups in total. The minimum atomic E-state index is -1.59. The van der Waals surface area contributed by atoms with Gasteiger partial charge in [-0.3, -0.25) is 0 Å². The van der Waals surface area contributed by atoms with Gasteiger partial charge in [-0.25, -0.2) is 17.9 Å². The van der Waals surface area contributed by atoms with Gasteiger partial charge in [-0.05, 0) is 37.1 Å². The first-order valence-corrected chi connectivity index (χ1v) is 11.3. The van der Waals surface area contributed by atoms with Crippen molar-refractivity contribution in [3.8, 4) is 11.3 Å². The number of aliphatic hydroxyl groups excluding tert-OH is 3. The SMILES string of the molecule is OC[C@H]1O[C@@]2(CCCN(c3ccccc3)C2)[C@H](O)[C@@H](n2cc(-c3cc(F)c(F)c(F)c3)nn2)[C@H]1O. The highest BCUT2D eigenvalue weighted by molar-refractivity contribution is 5.58. The van der Waals surface area contributed by atoms with E-state index >= 15 is 0 Å². The van der Waals surface area contributed by atoms with E-state index in [2.05, 4.69) is 15.2 Å². The Kier molecular flexibility index (Phi) is 6.26. The van der Waals surface area contributed by atoms with Crippen LogP contribution >= 0.6 is 0 Å². The first-order chi connectivity index (χ1) is 16.8. The van der Waals surface area contributed by atoms with Crippen LogP contribution in [0.2, 0.25) is 0 Å². The second kappa shape index (κ2) is 9.23. The molecule has 0 unspecified atom stereocenters. The van der Waals surface area contributed by atoms with Gasteiger partial charge in [0.2, 0.25) is 0 Å². The second-order valence-corrected chi connectivity index (χ2v) is 9.03. The number of anilines is 1. The predicted octanol–water partition coefficient (Wildman–Crippen LogP) is 2.06. The maximum absolute atomic E-state index is 13.7. The molecule has 1 aromatic heterocycles.